The number of carboxylic acids is 1. The predicted octanol–water partition coefficient (Wildman–Crippen LogP) is 1.76. The number of anilines is 1. The van der Waals surface area contributed by atoms with Crippen LogP contribution >= 0.6 is 0 Å². The average molecular weight is 304 g/mol. The van der Waals surface area contributed by atoms with Crippen molar-refractivity contribution in [1.29, 1.82) is 0 Å². The molecule has 6 nitrogen and oxygen atoms in total. The number of rotatable bonds is 6. The Kier molecular flexibility index (Phi) is 4.49. The van der Waals surface area contributed by atoms with Crippen LogP contribution < -0.4 is 10.6 Å². The van der Waals surface area contributed by atoms with Crippen molar-refractivity contribution in [2.75, 3.05) is 5.32 Å². The Labute approximate surface area is 128 Å². The van der Waals surface area contributed by atoms with Crippen LogP contribution in [0.5, 0.6) is 0 Å². The average Bonchev–Trinajstić information content (AvgIpc) is 3.27. The molecule has 0 saturated heterocycles. The molecule has 22 heavy (non-hydrogen) atoms. The monoisotopic (exact) mass is 304 g/mol. The molecule has 1 aromatic rings. The van der Waals surface area contributed by atoms with Crippen molar-refractivity contribution in [3.8, 4) is 0 Å². The number of benzene rings is 1. The third-order valence-electron chi connectivity index (χ3n) is 3.79. The largest absolute Gasteiger partial charge is 0.480 e. The summed E-state index contributed by atoms with van der Waals surface area (Å²) in [5.74, 6) is -1.64. The van der Waals surface area contributed by atoms with Crippen LogP contribution in [0, 0.1) is 11.3 Å². The van der Waals surface area contributed by atoms with E-state index < -0.39 is 17.3 Å². The lowest BCUT2D eigenvalue weighted by Crippen LogP contribution is -2.36. The van der Waals surface area contributed by atoms with Crippen LogP contribution in [0.3, 0.4) is 0 Å². The van der Waals surface area contributed by atoms with Crippen molar-refractivity contribution in [3.63, 3.8) is 0 Å². The van der Waals surface area contributed by atoms with Gasteiger partial charge in [-0.1, -0.05) is 26.0 Å². The second-order valence-corrected chi connectivity index (χ2v) is 5.91. The van der Waals surface area contributed by atoms with Crippen molar-refractivity contribution >= 4 is 23.5 Å². The molecule has 0 aliphatic heterocycles. The second-order valence-electron chi connectivity index (χ2n) is 5.91. The fourth-order valence-electron chi connectivity index (χ4n) is 2.01. The third-order valence-corrected chi connectivity index (χ3v) is 3.79. The van der Waals surface area contributed by atoms with Gasteiger partial charge in [0.15, 0.2) is 0 Å². The maximum Gasteiger partial charge on any atom is 0.319 e. The SMILES string of the molecule is CC(C)C(=O)Nc1ccc(CNC(=O)C2(C(=O)O)CC2)cc1. The van der Waals surface area contributed by atoms with Crippen LogP contribution in [0.1, 0.15) is 32.3 Å². The lowest BCUT2D eigenvalue weighted by molar-refractivity contribution is -0.149. The van der Waals surface area contributed by atoms with Gasteiger partial charge in [-0.15, -0.1) is 0 Å². The molecule has 1 aliphatic rings. The topological polar surface area (TPSA) is 95.5 Å². The Hall–Kier alpha value is -2.37. The van der Waals surface area contributed by atoms with Gasteiger partial charge in [-0.2, -0.15) is 0 Å². The zero-order valence-electron chi connectivity index (χ0n) is 12.7. The van der Waals surface area contributed by atoms with Gasteiger partial charge in [0.1, 0.15) is 5.41 Å². The van der Waals surface area contributed by atoms with Gasteiger partial charge >= 0.3 is 5.97 Å². The van der Waals surface area contributed by atoms with E-state index in [0.29, 0.717) is 18.5 Å². The van der Waals surface area contributed by atoms with E-state index >= 15 is 0 Å². The van der Waals surface area contributed by atoms with E-state index in [-0.39, 0.29) is 18.4 Å². The van der Waals surface area contributed by atoms with Crippen molar-refractivity contribution < 1.29 is 19.5 Å². The molecule has 0 radical (unpaired) electrons. The molecule has 0 aromatic heterocycles. The number of aliphatic carboxylic acids is 1. The van der Waals surface area contributed by atoms with E-state index in [1.807, 2.05) is 13.8 Å². The molecule has 1 aliphatic carbocycles. The zero-order chi connectivity index (χ0) is 16.3. The Balaban J connectivity index is 1.88. The number of nitrogens with one attached hydrogen (secondary N) is 2. The van der Waals surface area contributed by atoms with Crippen molar-refractivity contribution in [2.45, 2.75) is 33.2 Å². The molecular formula is C16H20N2O4. The van der Waals surface area contributed by atoms with Gasteiger partial charge in [-0.05, 0) is 30.5 Å². The van der Waals surface area contributed by atoms with Crippen LogP contribution in [-0.2, 0) is 20.9 Å². The normalized spacial score (nSPS) is 15.2. The molecule has 6 heteroatoms. The lowest BCUT2D eigenvalue weighted by Gasteiger charge is -2.11. The quantitative estimate of drug-likeness (QED) is 0.698. The number of amides is 2. The Morgan fingerprint density at radius 1 is 1.18 bits per heavy atom. The minimum absolute atomic E-state index is 0.0572. The fourth-order valence-corrected chi connectivity index (χ4v) is 2.01. The number of carbonyl (C=O) groups is 3. The van der Waals surface area contributed by atoms with Crippen molar-refractivity contribution in [1.82, 2.24) is 5.32 Å². The van der Waals surface area contributed by atoms with Gasteiger partial charge < -0.3 is 15.7 Å². The van der Waals surface area contributed by atoms with E-state index in [4.69, 9.17) is 5.11 Å². The first-order valence-corrected chi connectivity index (χ1v) is 7.26. The van der Waals surface area contributed by atoms with Gasteiger partial charge in [0.25, 0.3) is 0 Å². The zero-order valence-corrected chi connectivity index (χ0v) is 12.7. The maximum absolute atomic E-state index is 11.9. The Morgan fingerprint density at radius 2 is 1.77 bits per heavy atom. The first kappa shape index (κ1) is 16.0. The molecule has 0 heterocycles. The van der Waals surface area contributed by atoms with Crippen LogP contribution in [0.2, 0.25) is 0 Å². The lowest BCUT2D eigenvalue weighted by atomic mass is 10.1. The Morgan fingerprint density at radius 3 is 2.23 bits per heavy atom. The molecule has 0 atom stereocenters. The highest BCUT2D eigenvalue weighted by Gasteiger charge is 2.56. The molecule has 118 valence electrons. The number of hydrogen-bond donors (Lipinski definition) is 3. The Bertz CT molecular complexity index is 589. The van der Waals surface area contributed by atoms with E-state index in [1.54, 1.807) is 24.3 Å². The second kappa shape index (κ2) is 6.17. The number of carbonyl (C=O) groups excluding carboxylic acids is 2. The minimum atomic E-state index is -1.22. The molecule has 2 rings (SSSR count). The molecule has 2 amide bonds. The molecule has 1 aromatic carbocycles. The van der Waals surface area contributed by atoms with Gasteiger partial charge in [-0.25, -0.2) is 0 Å². The summed E-state index contributed by atoms with van der Waals surface area (Å²) >= 11 is 0. The summed E-state index contributed by atoms with van der Waals surface area (Å²) in [6, 6.07) is 7.09. The molecule has 0 unspecified atom stereocenters. The molecule has 1 saturated carbocycles. The van der Waals surface area contributed by atoms with Crippen LogP contribution in [-0.4, -0.2) is 22.9 Å². The summed E-state index contributed by atoms with van der Waals surface area (Å²) in [5, 5.41) is 14.5. The van der Waals surface area contributed by atoms with Crippen LogP contribution in [0.15, 0.2) is 24.3 Å². The highest BCUT2D eigenvalue weighted by atomic mass is 16.4. The minimum Gasteiger partial charge on any atom is -0.480 e. The maximum atomic E-state index is 11.9. The van der Waals surface area contributed by atoms with Gasteiger partial charge in [0.05, 0.1) is 0 Å². The summed E-state index contributed by atoms with van der Waals surface area (Å²) in [6.07, 6.45) is 0.794. The van der Waals surface area contributed by atoms with Crippen molar-refractivity contribution in [2.24, 2.45) is 11.3 Å². The van der Waals surface area contributed by atoms with E-state index in [0.717, 1.165) is 5.56 Å². The summed E-state index contributed by atoms with van der Waals surface area (Å²) in [6.45, 7) is 3.90. The first-order valence-electron chi connectivity index (χ1n) is 7.26. The van der Waals surface area contributed by atoms with Gasteiger partial charge in [0.2, 0.25) is 11.8 Å². The first-order chi connectivity index (χ1) is 10.3. The van der Waals surface area contributed by atoms with E-state index in [9.17, 15) is 14.4 Å². The summed E-state index contributed by atoms with van der Waals surface area (Å²) in [4.78, 5) is 34.5. The molecule has 0 spiro atoms. The van der Waals surface area contributed by atoms with Crippen LogP contribution in [0.25, 0.3) is 0 Å². The highest BCUT2D eigenvalue weighted by Crippen LogP contribution is 2.46. The van der Waals surface area contributed by atoms with Crippen LogP contribution in [0.4, 0.5) is 5.69 Å². The van der Waals surface area contributed by atoms with Gasteiger partial charge in [-0.3, -0.25) is 14.4 Å². The molecule has 3 N–H and O–H groups in total. The highest BCUT2D eigenvalue weighted by molar-refractivity contribution is 6.04. The summed E-state index contributed by atoms with van der Waals surface area (Å²) < 4.78 is 0. The summed E-state index contributed by atoms with van der Waals surface area (Å²) in [7, 11) is 0. The van der Waals surface area contributed by atoms with E-state index in [1.165, 1.54) is 0 Å². The van der Waals surface area contributed by atoms with Crippen molar-refractivity contribution in [3.05, 3.63) is 29.8 Å². The number of hydrogen-bond acceptors (Lipinski definition) is 3. The van der Waals surface area contributed by atoms with Gasteiger partial charge in [0, 0.05) is 18.2 Å². The molecule has 1 fully saturated rings. The third kappa shape index (κ3) is 3.44. The van der Waals surface area contributed by atoms with E-state index in [2.05, 4.69) is 10.6 Å². The smallest absolute Gasteiger partial charge is 0.319 e. The predicted molar refractivity (Wildman–Crippen MR) is 81.1 cm³/mol. The standard InChI is InChI=1S/C16H20N2O4/c1-10(2)13(19)18-12-5-3-11(4-6-12)9-17-14(20)16(7-8-16)15(21)22/h3-6,10H,7-9H2,1-2H3,(H,17,20)(H,18,19)(H,21,22). The molecule has 0 bridgehead atoms. The number of carboxylic acid groups (broad SMARTS) is 1. The molecular weight excluding hydrogens is 284 g/mol. The fraction of sp³-hybridized carbons (Fsp3) is 0.438. The summed E-state index contributed by atoms with van der Waals surface area (Å²) in [5.41, 5.74) is 0.320.